The van der Waals surface area contributed by atoms with Crippen LogP contribution in [0.5, 0.6) is 0 Å². The van der Waals surface area contributed by atoms with Gasteiger partial charge in [0.05, 0.1) is 17.0 Å². The molecule has 1 aromatic heterocycles. The van der Waals surface area contributed by atoms with Gasteiger partial charge in [-0.2, -0.15) is 10.2 Å². The van der Waals surface area contributed by atoms with Gasteiger partial charge in [-0.1, -0.05) is 19.1 Å². The van der Waals surface area contributed by atoms with Gasteiger partial charge in [0.2, 0.25) is 0 Å². The smallest absolute Gasteiger partial charge is 0.253 e. The highest BCUT2D eigenvalue weighted by molar-refractivity contribution is 5.95. The standard InChI is InChI=1S/C15H18N4O/c1-3-14-13(7-10(2)18-19-14)15(20)17-9-11-5-4-6-12(16)8-11/h4-8H,3,9,16H2,1-2H3,(H,17,20). The van der Waals surface area contributed by atoms with Crippen LogP contribution >= 0.6 is 0 Å². The SMILES string of the molecule is CCc1nnc(C)cc1C(=O)NCc1cccc(N)c1. The van der Waals surface area contributed by atoms with Crippen molar-refractivity contribution >= 4 is 11.6 Å². The minimum Gasteiger partial charge on any atom is -0.399 e. The van der Waals surface area contributed by atoms with Crippen molar-refractivity contribution in [3.63, 3.8) is 0 Å². The monoisotopic (exact) mass is 270 g/mol. The number of aryl methyl sites for hydroxylation is 2. The lowest BCUT2D eigenvalue weighted by Crippen LogP contribution is -2.25. The first-order chi connectivity index (χ1) is 9.60. The Kier molecular flexibility index (Phi) is 4.30. The number of rotatable bonds is 4. The van der Waals surface area contributed by atoms with Crippen molar-refractivity contribution in [2.75, 3.05) is 5.73 Å². The highest BCUT2D eigenvalue weighted by Crippen LogP contribution is 2.09. The minimum absolute atomic E-state index is 0.137. The molecule has 0 fully saturated rings. The van der Waals surface area contributed by atoms with Crippen molar-refractivity contribution in [2.24, 2.45) is 0 Å². The van der Waals surface area contributed by atoms with E-state index in [1.54, 1.807) is 6.07 Å². The number of nitrogens with zero attached hydrogens (tertiary/aromatic N) is 2. The van der Waals surface area contributed by atoms with E-state index in [-0.39, 0.29) is 5.91 Å². The van der Waals surface area contributed by atoms with E-state index in [1.165, 1.54) is 0 Å². The van der Waals surface area contributed by atoms with Crippen LogP contribution in [0.1, 0.15) is 34.2 Å². The summed E-state index contributed by atoms with van der Waals surface area (Å²) in [4.78, 5) is 12.2. The van der Waals surface area contributed by atoms with Crippen LogP contribution in [0, 0.1) is 6.92 Å². The molecule has 0 aliphatic rings. The molecular formula is C15H18N4O. The van der Waals surface area contributed by atoms with Crippen molar-refractivity contribution in [3.05, 3.63) is 52.8 Å². The van der Waals surface area contributed by atoms with Gasteiger partial charge in [-0.05, 0) is 37.1 Å². The van der Waals surface area contributed by atoms with Gasteiger partial charge in [0, 0.05) is 12.2 Å². The first-order valence-corrected chi connectivity index (χ1v) is 6.56. The molecule has 0 aliphatic heterocycles. The van der Waals surface area contributed by atoms with Crippen LogP contribution in [0.25, 0.3) is 0 Å². The zero-order chi connectivity index (χ0) is 14.5. The molecule has 0 saturated carbocycles. The predicted octanol–water partition coefficient (Wildman–Crippen LogP) is 1.86. The maximum absolute atomic E-state index is 12.2. The molecule has 0 spiro atoms. The quantitative estimate of drug-likeness (QED) is 0.831. The van der Waals surface area contributed by atoms with Gasteiger partial charge in [-0.3, -0.25) is 4.79 Å². The van der Waals surface area contributed by atoms with Crippen molar-refractivity contribution < 1.29 is 4.79 Å². The first kappa shape index (κ1) is 14.0. The van der Waals surface area contributed by atoms with E-state index in [4.69, 9.17) is 5.73 Å². The zero-order valence-corrected chi connectivity index (χ0v) is 11.7. The number of amides is 1. The Morgan fingerprint density at radius 2 is 2.10 bits per heavy atom. The lowest BCUT2D eigenvalue weighted by Gasteiger charge is -2.09. The van der Waals surface area contributed by atoms with Crippen molar-refractivity contribution in [2.45, 2.75) is 26.8 Å². The summed E-state index contributed by atoms with van der Waals surface area (Å²) in [6.45, 7) is 4.21. The Balaban J connectivity index is 2.10. The molecule has 0 unspecified atom stereocenters. The number of carbonyl (C=O) groups is 1. The number of nitrogen functional groups attached to an aromatic ring is 1. The van der Waals surface area contributed by atoms with Crippen LogP contribution in [0.4, 0.5) is 5.69 Å². The fourth-order valence-corrected chi connectivity index (χ4v) is 1.95. The van der Waals surface area contributed by atoms with Crippen LogP contribution in [0.2, 0.25) is 0 Å². The highest BCUT2D eigenvalue weighted by atomic mass is 16.1. The van der Waals surface area contributed by atoms with E-state index >= 15 is 0 Å². The summed E-state index contributed by atoms with van der Waals surface area (Å²) in [7, 11) is 0. The summed E-state index contributed by atoms with van der Waals surface area (Å²) in [5.41, 5.74) is 9.39. The Morgan fingerprint density at radius 3 is 2.80 bits per heavy atom. The molecule has 0 atom stereocenters. The molecule has 2 rings (SSSR count). The van der Waals surface area contributed by atoms with Crippen molar-refractivity contribution in [1.82, 2.24) is 15.5 Å². The van der Waals surface area contributed by atoms with Gasteiger partial charge in [0.25, 0.3) is 5.91 Å². The lowest BCUT2D eigenvalue weighted by molar-refractivity contribution is 0.0949. The Labute approximate surface area is 118 Å². The minimum atomic E-state index is -0.137. The summed E-state index contributed by atoms with van der Waals surface area (Å²) >= 11 is 0. The number of hydrogen-bond donors (Lipinski definition) is 2. The number of nitrogens with one attached hydrogen (secondary N) is 1. The first-order valence-electron chi connectivity index (χ1n) is 6.56. The molecular weight excluding hydrogens is 252 g/mol. The molecule has 3 N–H and O–H groups in total. The molecule has 0 radical (unpaired) electrons. The molecule has 0 saturated heterocycles. The molecule has 1 aromatic carbocycles. The summed E-state index contributed by atoms with van der Waals surface area (Å²) in [6.07, 6.45) is 0.675. The number of aromatic nitrogens is 2. The fraction of sp³-hybridized carbons (Fsp3) is 0.267. The van der Waals surface area contributed by atoms with Crippen molar-refractivity contribution in [1.29, 1.82) is 0 Å². The molecule has 104 valence electrons. The third-order valence-electron chi connectivity index (χ3n) is 2.98. The van der Waals surface area contributed by atoms with Gasteiger partial charge in [0.15, 0.2) is 0 Å². The zero-order valence-electron chi connectivity index (χ0n) is 11.7. The average Bonchev–Trinajstić information content (AvgIpc) is 2.45. The number of nitrogens with two attached hydrogens (primary N) is 1. The van der Waals surface area contributed by atoms with Crippen LogP contribution in [0.3, 0.4) is 0 Å². The molecule has 0 bridgehead atoms. The Morgan fingerprint density at radius 1 is 1.30 bits per heavy atom. The molecule has 2 aromatic rings. The maximum atomic E-state index is 12.2. The summed E-state index contributed by atoms with van der Waals surface area (Å²) in [6, 6.07) is 9.22. The largest absolute Gasteiger partial charge is 0.399 e. The van der Waals surface area contributed by atoms with E-state index in [2.05, 4.69) is 15.5 Å². The predicted molar refractivity (Wildman–Crippen MR) is 78.2 cm³/mol. The van der Waals surface area contributed by atoms with Crippen LogP contribution in [-0.4, -0.2) is 16.1 Å². The summed E-state index contributed by atoms with van der Waals surface area (Å²) in [5, 5.41) is 10.9. The van der Waals surface area contributed by atoms with Crippen LogP contribution in [-0.2, 0) is 13.0 Å². The van der Waals surface area contributed by atoms with Crippen molar-refractivity contribution in [3.8, 4) is 0 Å². The van der Waals surface area contributed by atoms with Gasteiger partial charge < -0.3 is 11.1 Å². The van der Waals surface area contributed by atoms with Gasteiger partial charge >= 0.3 is 0 Å². The number of hydrogen-bond acceptors (Lipinski definition) is 4. The van der Waals surface area contributed by atoms with E-state index in [1.807, 2.05) is 38.1 Å². The van der Waals surface area contributed by atoms with E-state index in [0.717, 1.165) is 11.3 Å². The second kappa shape index (κ2) is 6.14. The molecule has 1 heterocycles. The fourth-order valence-electron chi connectivity index (χ4n) is 1.95. The molecule has 0 aliphatic carbocycles. The van der Waals surface area contributed by atoms with E-state index in [0.29, 0.717) is 29.9 Å². The topological polar surface area (TPSA) is 80.9 Å². The average molecular weight is 270 g/mol. The van der Waals surface area contributed by atoms with Gasteiger partial charge in [0.1, 0.15) is 0 Å². The lowest BCUT2D eigenvalue weighted by atomic mass is 10.1. The van der Waals surface area contributed by atoms with Gasteiger partial charge in [-0.15, -0.1) is 0 Å². The van der Waals surface area contributed by atoms with Crippen LogP contribution in [0.15, 0.2) is 30.3 Å². The molecule has 5 heteroatoms. The maximum Gasteiger partial charge on any atom is 0.253 e. The normalized spacial score (nSPS) is 10.3. The van der Waals surface area contributed by atoms with Gasteiger partial charge in [-0.25, -0.2) is 0 Å². The van der Waals surface area contributed by atoms with E-state index < -0.39 is 0 Å². The summed E-state index contributed by atoms with van der Waals surface area (Å²) < 4.78 is 0. The number of anilines is 1. The number of carbonyl (C=O) groups excluding carboxylic acids is 1. The highest BCUT2D eigenvalue weighted by Gasteiger charge is 2.12. The second-order valence-corrected chi connectivity index (χ2v) is 4.63. The molecule has 5 nitrogen and oxygen atoms in total. The molecule has 20 heavy (non-hydrogen) atoms. The molecule has 1 amide bonds. The third kappa shape index (κ3) is 3.32. The Hall–Kier alpha value is -2.43. The Bertz CT molecular complexity index is 625. The second-order valence-electron chi connectivity index (χ2n) is 4.63. The third-order valence-corrected chi connectivity index (χ3v) is 2.98. The van der Waals surface area contributed by atoms with Crippen LogP contribution < -0.4 is 11.1 Å². The van der Waals surface area contributed by atoms with E-state index in [9.17, 15) is 4.79 Å². The summed E-state index contributed by atoms with van der Waals surface area (Å²) in [5.74, 6) is -0.137. The number of benzene rings is 1.